The highest BCUT2D eigenvalue weighted by molar-refractivity contribution is 5.80. The standard InChI is InChI=1S/C23H33N3O2/c1-17-5-2-3-6-18(17)15-22(27)25-13-10-21(11-14-25)26-12-4-7-19(16-26)23(28)24-20-8-9-20/h2-3,5-6,19-21H,4,7-16H2,1H3,(H,24,28)/t19-/m0/s1. The van der Waals surface area contributed by atoms with Gasteiger partial charge in [0, 0.05) is 31.7 Å². The molecule has 2 amide bonds. The van der Waals surface area contributed by atoms with E-state index in [9.17, 15) is 9.59 Å². The Morgan fingerprint density at radius 3 is 2.50 bits per heavy atom. The predicted octanol–water partition coefficient (Wildman–Crippen LogP) is 2.52. The van der Waals surface area contributed by atoms with Crippen LogP contribution in [0.15, 0.2) is 24.3 Å². The van der Waals surface area contributed by atoms with E-state index in [0.29, 0.717) is 18.5 Å². The van der Waals surface area contributed by atoms with Crippen LogP contribution in [0.1, 0.15) is 49.7 Å². The molecule has 0 spiro atoms. The third-order valence-corrected chi connectivity index (χ3v) is 6.68. The lowest BCUT2D eigenvalue weighted by Crippen LogP contribution is -2.51. The van der Waals surface area contributed by atoms with Gasteiger partial charge in [-0.1, -0.05) is 24.3 Å². The number of benzene rings is 1. The first-order valence-electron chi connectivity index (χ1n) is 11.0. The lowest BCUT2D eigenvalue weighted by atomic mass is 9.93. The van der Waals surface area contributed by atoms with Gasteiger partial charge in [0.2, 0.25) is 11.8 Å². The van der Waals surface area contributed by atoms with Crippen molar-refractivity contribution in [2.75, 3.05) is 26.2 Å². The van der Waals surface area contributed by atoms with Crippen LogP contribution < -0.4 is 5.32 Å². The molecule has 4 rings (SSSR count). The summed E-state index contributed by atoms with van der Waals surface area (Å²) in [5.41, 5.74) is 2.32. The average molecular weight is 384 g/mol. The fourth-order valence-corrected chi connectivity index (χ4v) is 4.66. The van der Waals surface area contributed by atoms with Crippen LogP contribution in [0.25, 0.3) is 0 Å². The predicted molar refractivity (Wildman–Crippen MR) is 110 cm³/mol. The minimum absolute atomic E-state index is 0.148. The summed E-state index contributed by atoms with van der Waals surface area (Å²) in [4.78, 5) is 29.7. The second kappa shape index (κ2) is 8.64. The summed E-state index contributed by atoms with van der Waals surface area (Å²) < 4.78 is 0. The number of carbonyl (C=O) groups excluding carboxylic acids is 2. The van der Waals surface area contributed by atoms with Gasteiger partial charge in [-0.2, -0.15) is 0 Å². The van der Waals surface area contributed by atoms with Crippen LogP contribution in [-0.4, -0.2) is 59.9 Å². The minimum atomic E-state index is 0.148. The summed E-state index contributed by atoms with van der Waals surface area (Å²) in [5, 5.41) is 3.18. The SMILES string of the molecule is Cc1ccccc1CC(=O)N1CCC(N2CCC[C@H](C(=O)NC3CC3)C2)CC1. The zero-order valence-electron chi connectivity index (χ0n) is 17.0. The topological polar surface area (TPSA) is 52.7 Å². The molecule has 5 heteroatoms. The molecule has 0 radical (unpaired) electrons. The average Bonchev–Trinajstić information content (AvgIpc) is 3.54. The molecule has 1 atom stereocenters. The van der Waals surface area contributed by atoms with Crippen LogP contribution in [0.5, 0.6) is 0 Å². The molecule has 28 heavy (non-hydrogen) atoms. The number of carbonyl (C=O) groups is 2. The Balaban J connectivity index is 1.25. The van der Waals surface area contributed by atoms with E-state index in [0.717, 1.165) is 70.3 Å². The molecule has 5 nitrogen and oxygen atoms in total. The molecule has 0 unspecified atom stereocenters. The van der Waals surface area contributed by atoms with Crippen molar-refractivity contribution in [2.24, 2.45) is 5.92 Å². The highest BCUT2D eigenvalue weighted by atomic mass is 16.2. The van der Waals surface area contributed by atoms with Crippen molar-refractivity contribution in [3.63, 3.8) is 0 Å². The van der Waals surface area contributed by atoms with Gasteiger partial charge in [-0.15, -0.1) is 0 Å². The lowest BCUT2D eigenvalue weighted by molar-refractivity contribution is -0.132. The second-order valence-corrected chi connectivity index (χ2v) is 8.83. The van der Waals surface area contributed by atoms with Crippen LogP contribution >= 0.6 is 0 Å². The van der Waals surface area contributed by atoms with Crippen molar-refractivity contribution < 1.29 is 9.59 Å². The summed E-state index contributed by atoms with van der Waals surface area (Å²) in [7, 11) is 0. The Hall–Kier alpha value is -1.88. The van der Waals surface area contributed by atoms with Gasteiger partial charge in [0.15, 0.2) is 0 Å². The number of hydrogen-bond acceptors (Lipinski definition) is 3. The number of nitrogens with zero attached hydrogens (tertiary/aromatic N) is 2. The first-order chi connectivity index (χ1) is 13.6. The first kappa shape index (κ1) is 19.4. The third kappa shape index (κ3) is 4.75. The van der Waals surface area contributed by atoms with Crippen LogP contribution in [0.4, 0.5) is 0 Å². The van der Waals surface area contributed by atoms with Crippen LogP contribution in [0.3, 0.4) is 0 Å². The maximum absolute atomic E-state index is 12.7. The van der Waals surface area contributed by atoms with Crippen molar-refractivity contribution in [1.29, 1.82) is 0 Å². The molecule has 1 aliphatic carbocycles. The van der Waals surface area contributed by atoms with E-state index >= 15 is 0 Å². The third-order valence-electron chi connectivity index (χ3n) is 6.68. The maximum atomic E-state index is 12.7. The number of aryl methyl sites for hydroxylation is 1. The summed E-state index contributed by atoms with van der Waals surface area (Å²) in [6.07, 6.45) is 6.98. The number of nitrogens with one attached hydrogen (secondary N) is 1. The van der Waals surface area contributed by atoms with Gasteiger partial charge in [-0.3, -0.25) is 14.5 Å². The molecule has 3 fully saturated rings. The van der Waals surface area contributed by atoms with Gasteiger partial charge >= 0.3 is 0 Å². The largest absolute Gasteiger partial charge is 0.353 e. The van der Waals surface area contributed by atoms with Gasteiger partial charge in [0.1, 0.15) is 0 Å². The fraction of sp³-hybridized carbons (Fsp3) is 0.652. The van der Waals surface area contributed by atoms with Crippen LogP contribution in [0, 0.1) is 12.8 Å². The van der Waals surface area contributed by atoms with Gasteiger partial charge in [-0.25, -0.2) is 0 Å². The number of likely N-dealkylation sites (tertiary alicyclic amines) is 2. The highest BCUT2D eigenvalue weighted by Gasteiger charge is 2.34. The van der Waals surface area contributed by atoms with Crippen molar-refractivity contribution in [3.8, 4) is 0 Å². The molecule has 1 aromatic rings. The van der Waals surface area contributed by atoms with Gasteiger partial charge in [0.05, 0.1) is 12.3 Å². The second-order valence-electron chi connectivity index (χ2n) is 8.83. The van der Waals surface area contributed by atoms with Crippen molar-refractivity contribution in [2.45, 2.75) is 64.0 Å². The fourth-order valence-electron chi connectivity index (χ4n) is 4.66. The summed E-state index contributed by atoms with van der Waals surface area (Å²) >= 11 is 0. The summed E-state index contributed by atoms with van der Waals surface area (Å²) in [5.74, 6) is 0.654. The molecule has 0 bridgehead atoms. The normalized spacial score (nSPS) is 24.2. The Morgan fingerprint density at radius 1 is 1.04 bits per heavy atom. The molecule has 3 aliphatic rings. The van der Waals surface area contributed by atoms with Crippen molar-refractivity contribution >= 4 is 11.8 Å². The number of hydrogen-bond donors (Lipinski definition) is 1. The minimum Gasteiger partial charge on any atom is -0.353 e. The van der Waals surface area contributed by atoms with E-state index in [4.69, 9.17) is 0 Å². The smallest absolute Gasteiger partial charge is 0.227 e. The molecular formula is C23H33N3O2. The maximum Gasteiger partial charge on any atom is 0.227 e. The lowest BCUT2D eigenvalue weighted by Gasteiger charge is -2.42. The van der Waals surface area contributed by atoms with E-state index in [2.05, 4.69) is 29.3 Å². The van der Waals surface area contributed by atoms with Crippen LogP contribution in [0.2, 0.25) is 0 Å². The molecule has 1 saturated carbocycles. The summed E-state index contributed by atoms with van der Waals surface area (Å²) in [6.45, 7) is 5.73. The zero-order chi connectivity index (χ0) is 19.5. The van der Waals surface area contributed by atoms with Crippen molar-refractivity contribution in [3.05, 3.63) is 35.4 Å². The summed E-state index contributed by atoms with van der Waals surface area (Å²) in [6, 6.07) is 9.12. The van der Waals surface area contributed by atoms with E-state index < -0.39 is 0 Å². The Kier molecular flexibility index (Phi) is 6.00. The molecule has 2 aliphatic heterocycles. The highest BCUT2D eigenvalue weighted by Crippen LogP contribution is 2.26. The van der Waals surface area contributed by atoms with E-state index in [1.54, 1.807) is 0 Å². The number of amides is 2. The zero-order valence-corrected chi connectivity index (χ0v) is 17.0. The number of piperidine rings is 2. The Morgan fingerprint density at radius 2 is 1.79 bits per heavy atom. The Bertz CT molecular complexity index is 708. The molecule has 152 valence electrons. The molecule has 1 aromatic carbocycles. The van der Waals surface area contributed by atoms with E-state index in [-0.39, 0.29) is 17.7 Å². The van der Waals surface area contributed by atoms with Gasteiger partial charge < -0.3 is 10.2 Å². The van der Waals surface area contributed by atoms with E-state index in [1.165, 1.54) is 5.56 Å². The van der Waals surface area contributed by atoms with E-state index in [1.807, 2.05) is 17.0 Å². The molecule has 2 saturated heterocycles. The monoisotopic (exact) mass is 383 g/mol. The first-order valence-corrected chi connectivity index (χ1v) is 11.0. The Labute approximate surface area is 168 Å². The molecular weight excluding hydrogens is 350 g/mol. The quantitative estimate of drug-likeness (QED) is 0.850. The molecule has 0 aromatic heterocycles. The molecule has 2 heterocycles. The number of rotatable bonds is 5. The van der Waals surface area contributed by atoms with Crippen molar-refractivity contribution in [1.82, 2.24) is 15.1 Å². The van der Waals surface area contributed by atoms with Gasteiger partial charge in [0.25, 0.3) is 0 Å². The van der Waals surface area contributed by atoms with Crippen LogP contribution in [-0.2, 0) is 16.0 Å². The molecule has 1 N–H and O–H groups in total. The van der Waals surface area contributed by atoms with Gasteiger partial charge in [-0.05, 0) is 63.1 Å².